The topological polar surface area (TPSA) is 8.17 Å². The molecule has 0 spiro atoms. The second-order valence-electron chi connectivity index (χ2n) is 13.0. The fourth-order valence-electron chi connectivity index (χ4n) is 7.54. The molecule has 2 heterocycles. The number of fused-ring (bicyclic) bond motifs is 6. The number of rotatable bonds is 6. The van der Waals surface area contributed by atoms with Crippen LogP contribution in [0.4, 0.5) is 17.1 Å². The molecule has 3 heteroatoms. The van der Waals surface area contributed by atoms with Crippen LogP contribution < -0.4 is 4.90 Å². The Labute approximate surface area is 302 Å². The van der Waals surface area contributed by atoms with Gasteiger partial charge in [0.25, 0.3) is 0 Å². The number of hydrogen-bond acceptors (Lipinski definition) is 1. The second kappa shape index (κ2) is 12.3. The number of para-hydroxylation sites is 2. The molecule has 2 aromatic heterocycles. The van der Waals surface area contributed by atoms with E-state index in [4.69, 9.17) is 0 Å². The van der Waals surface area contributed by atoms with Crippen molar-refractivity contribution in [3.05, 3.63) is 194 Å². The predicted molar refractivity (Wildman–Crippen MR) is 218 cm³/mol. The Hall–Kier alpha value is -6.12. The molecule has 0 radical (unpaired) electrons. The number of hydrogen-bond donors (Lipinski definition) is 0. The summed E-state index contributed by atoms with van der Waals surface area (Å²) in [6.07, 6.45) is 0. The molecule has 8 aromatic carbocycles. The van der Waals surface area contributed by atoms with Crippen LogP contribution in [0.15, 0.2) is 194 Å². The van der Waals surface area contributed by atoms with E-state index in [0.29, 0.717) is 14.5 Å². The fourth-order valence-corrected chi connectivity index (χ4v) is 9.82. The van der Waals surface area contributed by atoms with Gasteiger partial charge >= 0.3 is 257 Å². The fraction of sp³-hybridized carbons (Fsp3) is 0. The molecule has 0 amide bonds. The molecule has 0 saturated carbocycles. The first-order valence-corrected chi connectivity index (χ1v) is 19.1. The number of nitrogens with zero attached hydrogens (tertiary/aromatic N) is 2. The monoisotopic (exact) mass is 716 g/mol. The molecule has 0 fully saturated rings. The smallest absolute Gasteiger partial charge is 0.0617 e. The number of anilines is 3. The van der Waals surface area contributed by atoms with Gasteiger partial charge in [0.05, 0.1) is 0 Å². The van der Waals surface area contributed by atoms with Crippen LogP contribution in [0, 0.1) is 0 Å². The summed E-state index contributed by atoms with van der Waals surface area (Å²) in [7, 11) is 0. The molecule has 0 aliphatic carbocycles. The molecule has 2 nitrogen and oxygen atoms in total. The molecule has 51 heavy (non-hydrogen) atoms. The molecular weight excluding hydrogens is 684 g/mol. The Morgan fingerprint density at radius 1 is 0.333 bits per heavy atom. The average molecular weight is 716 g/mol. The minimum Gasteiger partial charge on any atom is -0.0617 e. The first-order chi connectivity index (χ1) is 25.3. The van der Waals surface area contributed by atoms with Gasteiger partial charge in [-0.2, -0.15) is 0 Å². The van der Waals surface area contributed by atoms with E-state index in [1.165, 1.54) is 63.4 Å². The third-order valence-corrected chi connectivity index (χ3v) is 12.4. The van der Waals surface area contributed by atoms with Gasteiger partial charge in [-0.05, 0) is 11.1 Å². The summed E-state index contributed by atoms with van der Waals surface area (Å²) >= 11 is 0.322. The van der Waals surface area contributed by atoms with Crippen molar-refractivity contribution in [2.45, 2.75) is 0 Å². The summed E-state index contributed by atoms with van der Waals surface area (Å²) in [6.45, 7) is 0. The van der Waals surface area contributed by atoms with E-state index in [1.54, 1.807) is 0 Å². The molecule has 240 valence electrons. The Bertz CT molecular complexity index is 2830. The maximum atomic E-state index is 2.42. The van der Waals surface area contributed by atoms with Crippen molar-refractivity contribution in [3.8, 4) is 27.9 Å². The molecule has 0 atom stereocenters. The number of benzene rings is 8. The summed E-state index contributed by atoms with van der Waals surface area (Å²) < 4.78 is 5.30. The standard InChI is InChI=1S/C48H32N2Se/c1-3-11-33(12-4-1)34-19-21-35(22-20-34)36-23-25-38(26-24-36)49(39-28-30-48-44(31-39)43-16-8-10-18-47(43)51-48)40-27-29-42-41-15-7-9-17-45(41)50(46(42)32-40)37-13-5-2-6-14-37/h1-32H. The van der Waals surface area contributed by atoms with Gasteiger partial charge in [0.1, 0.15) is 0 Å². The molecular formula is C48H32N2Se. The maximum absolute atomic E-state index is 2.42. The first-order valence-electron chi connectivity index (χ1n) is 17.3. The third-order valence-electron chi connectivity index (χ3n) is 10.00. The van der Waals surface area contributed by atoms with Crippen LogP contribution in [0.5, 0.6) is 0 Å². The van der Waals surface area contributed by atoms with Crippen LogP contribution in [0.25, 0.3) is 69.0 Å². The molecule has 10 aromatic rings. The van der Waals surface area contributed by atoms with Crippen molar-refractivity contribution in [2.75, 3.05) is 4.90 Å². The van der Waals surface area contributed by atoms with E-state index in [9.17, 15) is 0 Å². The van der Waals surface area contributed by atoms with E-state index in [0.717, 1.165) is 22.7 Å². The van der Waals surface area contributed by atoms with Crippen LogP contribution in [-0.4, -0.2) is 19.1 Å². The summed E-state index contributed by atoms with van der Waals surface area (Å²) in [6, 6.07) is 70.8. The van der Waals surface area contributed by atoms with Gasteiger partial charge in [-0.1, -0.05) is 36.4 Å². The van der Waals surface area contributed by atoms with Crippen molar-refractivity contribution in [1.29, 1.82) is 0 Å². The quantitative estimate of drug-likeness (QED) is 0.156. The van der Waals surface area contributed by atoms with E-state index in [-0.39, 0.29) is 0 Å². The van der Waals surface area contributed by atoms with Crippen molar-refractivity contribution in [3.63, 3.8) is 0 Å². The molecule has 10 rings (SSSR count). The van der Waals surface area contributed by atoms with Gasteiger partial charge in [-0.3, -0.25) is 0 Å². The summed E-state index contributed by atoms with van der Waals surface area (Å²) in [5.74, 6) is 0. The predicted octanol–water partition coefficient (Wildman–Crippen LogP) is 13.0. The van der Waals surface area contributed by atoms with Crippen LogP contribution in [0.2, 0.25) is 0 Å². The molecule has 0 bridgehead atoms. The van der Waals surface area contributed by atoms with Crippen LogP contribution >= 0.6 is 0 Å². The summed E-state index contributed by atoms with van der Waals surface area (Å²) in [5.41, 5.74) is 11.8. The minimum atomic E-state index is 0.322. The van der Waals surface area contributed by atoms with Crippen LogP contribution in [0.1, 0.15) is 0 Å². The van der Waals surface area contributed by atoms with Gasteiger partial charge in [0.2, 0.25) is 0 Å². The number of aromatic nitrogens is 1. The van der Waals surface area contributed by atoms with Gasteiger partial charge in [-0.25, -0.2) is 0 Å². The molecule has 0 aliphatic heterocycles. The van der Waals surface area contributed by atoms with Gasteiger partial charge in [0.15, 0.2) is 0 Å². The van der Waals surface area contributed by atoms with E-state index in [2.05, 4.69) is 204 Å². The van der Waals surface area contributed by atoms with Crippen LogP contribution in [-0.2, 0) is 0 Å². The van der Waals surface area contributed by atoms with Crippen molar-refractivity contribution >= 4 is 72.7 Å². The normalized spacial score (nSPS) is 11.5. The second-order valence-corrected chi connectivity index (χ2v) is 15.3. The molecule has 0 unspecified atom stereocenters. The SMILES string of the molecule is c1ccc(-c2ccc(-c3ccc(N(c4ccc5[se]c6ccccc6c5c4)c4ccc5c6ccccc6n(-c6ccccc6)c5c4)cc3)cc2)cc1. The zero-order valence-corrected chi connectivity index (χ0v) is 29.5. The first kappa shape index (κ1) is 29.8. The summed E-state index contributed by atoms with van der Waals surface area (Å²) in [4.78, 5) is 2.42. The molecule has 0 aliphatic rings. The van der Waals surface area contributed by atoms with Crippen molar-refractivity contribution in [2.24, 2.45) is 0 Å². The van der Waals surface area contributed by atoms with Gasteiger partial charge < -0.3 is 0 Å². The molecule has 0 N–H and O–H groups in total. The Kier molecular flexibility index (Phi) is 7.20. The Morgan fingerprint density at radius 3 is 1.59 bits per heavy atom. The Morgan fingerprint density at radius 2 is 0.843 bits per heavy atom. The zero-order chi connectivity index (χ0) is 33.7. The molecule has 0 saturated heterocycles. The van der Waals surface area contributed by atoms with Gasteiger partial charge in [0, 0.05) is 0 Å². The zero-order valence-electron chi connectivity index (χ0n) is 27.8. The third kappa shape index (κ3) is 5.18. The van der Waals surface area contributed by atoms with Crippen molar-refractivity contribution in [1.82, 2.24) is 4.57 Å². The van der Waals surface area contributed by atoms with E-state index >= 15 is 0 Å². The van der Waals surface area contributed by atoms with E-state index < -0.39 is 0 Å². The Balaban J connectivity index is 1.13. The van der Waals surface area contributed by atoms with Crippen LogP contribution in [0.3, 0.4) is 0 Å². The van der Waals surface area contributed by atoms with Crippen molar-refractivity contribution < 1.29 is 0 Å². The van der Waals surface area contributed by atoms with Gasteiger partial charge in [-0.15, -0.1) is 0 Å². The van der Waals surface area contributed by atoms with E-state index in [1.807, 2.05) is 0 Å². The summed E-state index contributed by atoms with van der Waals surface area (Å²) in [5, 5.41) is 5.22. The minimum absolute atomic E-state index is 0.322. The average Bonchev–Trinajstić information content (AvgIpc) is 3.74.